The minimum atomic E-state index is -0.452. The van der Waals surface area contributed by atoms with E-state index in [4.69, 9.17) is 9.47 Å². The lowest BCUT2D eigenvalue weighted by Gasteiger charge is -2.11. The van der Waals surface area contributed by atoms with Crippen molar-refractivity contribution >= 4 is 17.7 Å². The fraction of sp³-hybridized carbons (Fsp3) is 0.304. The van der Waals surface area contributed by atoms with Gasteiger partial charge in [-0.15, -0.1) is 0 Å². The Morgan fingerprint density at radius 2 is 2.14 bits per heavy atom. The van der Waals surface area contributed by atoms with Crippen LogP contribution in [0.5, 0.6) is 11.5 Å². The summed E-state index contributed by atoms with van der Waals surface area (Å²) in [5.41, 5.74) is 4.48. The molecule has 28 heavy (non-hydrogen) atoms. The zero-order valence-electron chi connectivity index (χ0n) is 16.6. The van der Waals surface area contributed by atoms with Crippen LogP contribution in [0, 0.1) is 25.2 Å². The molecule has 0 bridgehead atoms. The number of carbonyl (C=O) groups excluding carboxylic acids is 1. The molecule has 1 aliphatic rings. The normalized spacial score (nSPS) is 15.4. The Hall–Kier alpha value is -3.26. The molecule has 0 saturated carbocycles. The van der Waals surface area contributed by atoms with Gasteiger partial charge in [0.15, 0.2) is 0 Å². The predicted octanol–water partition coefficient (Wildman–Crippen LogP) is 4.57. The Morgan fingerprint density at radius 3 is 2.82 bits per heavy atom. The molecule has 0 unspecified atom stereocenters. The van der Waals surface area contributed by atoms with Crippen LogP contribution in [0.15, 0.2) is 35.9 Å². The molecule has 1 N–H and O–H groups in total. The summed E-state index contributed by atoms with van der Waals surface area (Å²) in [6, 6.07) is 11.5. The van der Waals surface area contributed by atoms with E-state index in [-0.39, 0.29) is 11.7 Å². The van der Waals surface area contributed by atoms with Crippen LogP contribution >= 0.6 is 0 Å². The maximum Gasteiger partial charge on any atom is 0.266 e. The fourth-order valence-electron chi connectivity index (χ4n) is 3.30. The summed E-state index contributed by atoms with van der Waals surface area (Å²) < 4.78 is 11.5. The average Bonchev–Trinajstić information content (AvgIpc) is 3.01. The maximum absolute atomic E-state index is 12.7. The van der Waals surface area contributed by atoms with E-state index >= 15 is 0 Å². The van der Waals surface area contributed by atoms with Gasteiger partial charge in [-0.05, 0) is 57.5 Å². The molecule has 3 rings (SSSR count). The number of hydrogen-bond acceptors (Lipinski definition) is 4. The van der Waals surface area contributed by atoms with E-state index in [1.165, 1.54) is 0 Å². The SMILES string of the molecule is CCOc1cc2c(cc1/C=C(\C#N)C(=O)Nc1ccc(C)cc1C)O[C@@H](C)C2. The Morgan fingerprint density at radius 1 is 1.36 bits per heavy atom. The molecule has 0 radical (unpaired) electrons. The molecule has 5 heteroatoms. The number of nitrogens with zero attached hydrogens (tertiary/aromatic N) is 1. The minimum Gasteiger partial charge on any atom is -0.493 e. The number of aryl methyl sites for hydroxylation is 2. The summed E-state index contributed by atoms with van der Waals surface area (Å²) in [6.07, 6.45) is 2.47. The number of ether oxygens (including phenoxy) is 2. The first-order chi connectivity index (χ1) is 13.4. The van der Waals surface area contributed by atoms with Crippen molar-refractivity contribution in [1.29, 1.82) is 5.26 Å². The van der Waals surface area contributed by atoms with Crippen molar-refractivity contribution in [3.8, 4) is 17.6 Å². The number of fused-ring (bicyclic) bond motifs is 1. The highest BCUT2D eigenvalue weighted by Crippen LogP contribution is 2.36. The summed E-state index contributed by atoms with van der Waals surface area (Å²) in [7, 11) is 0. The first-order valence-electron chi connectivity index (χ1n) is 9.38. The van der Waals surface area contributed by atoms with Crippen LogP contribution in [0.1, 0.15) is 36.1 Å². The van der Waals surface area contributed by atoms with E-state index in [1.54, 1.807) is 6.08 Å². The number of amides is 1. The van der Waals surface area contributed by atoms with Crippen molar-refractivity contribution in [3.05, 3.63) is 58.2 Å². The molecule has 0 fully saturated rings. The summed E-state index contributed by atoms with van der Waals surface area (Å²) >= 11 is 0. The standard InChI is InChI=1S/C23H24N2O3/c1-5-27-21-11-17-9-16(4)28-22(17)12-18(21)10-19(13-24)23(26)25-20-7-6-14(2)8-15(20)3/h6-8,10-12,16H,5,9H2,1-4H3,(H,25,26)/b19-10+/t16-/m0/s1. The molecule has 1 heterocycles. The van der Waals surface area contributed by atoms with Gasteiger partial charge in [-0.25, -0.2) is 0 Å². The topological polar surface area (TPSA) is 71.3 Å². The van der Waals surface area contributed by atoms with E-state index in [2.05, 4.69) is 5.32 Å². The van der Waals surface area contributed by atoms with E-state index in [0.29, 0.717) is 23.6 Å². The summed E-state index contributed by atoms with van der Waals surface area (Å²) in [5.74, 6) is 0.965. The first kappa shape index (κ1) is 19.5. The fourth-order valence-corrected chi connectivity index (χ4v) is 3.30. The van der Waals surface area contributed by atoms with Crippen molar-refractivity contribution in [2.75, 3.05) is 11.9 Å². The number of carbonyl (C=O) groups is 1. The van der Waals surface area contributed by atoms with Gasteiger partial charge in [0.25, 0.3) is 5.91 Å². The Kier molecular flexibility index (Phi) is 5.70. The molecule has 1 atom stereocenters. The predicted molar refractivity (Wildman–Crippen MR) is 110 cm³/mol. The highest BCUT2D eigenvalue weighted by molar-refractivity contribution is 6.10. The number of nitriles is 1. The second-order valence-electron chi connectivity index (χ2n) is 7.01. The second-order valence-corrected chi connectivity index (χ2v) is 7.01. The van der Waals surface area contributed by atoms with Crippen molar-refractivity contribution in [3.63, 3.8) is 0 Å². The first-order valence-corrected chi connectivity index (χ1v) is 9.38. The van der Waals surface area contributed by atoms with Crippen molar-refractivity contribution in [1.82, 2.24) is 0 Å². The zero-order chi connectivity index (χ0) is 20.3. The lowest BCUT2D eigenvalue weighted by molar-refractivity contribution is -0.112. The van der Waals surface area contributed by atoms with Crippen LogP contribution in [0.3, 0.4) is 0 Å². The third kappa shape index (κ3) is 4.17. The van der Waals surface area contributed by atoms with E-state index in [1.807, 2.05) is 64.1 Å². The zero-order valence-corrected chi connectivity index (χ0v) is 16.6. The average molecular weight is 376 g/mol. The number of nitrogens with one attached hydrogen (secondary N) is 1. The van der Waals surface area contributed by atoms with Crippen molar-refractivity contribution in [2.24, 2.45) is 0 Å². The quantitative estimate of drug-likeness (QED) is 0.613. The Labute approximate surface area is 165 Å². The molecule has 2 aromatic rings. The summed E-state index contributed by atoms with van der Waals surface area (Å²) in [5, 5.41) is 12.4. The highest BCUT2D eigenvalue weighted by Gasteiger charge is 2.22. The number of benzene rings is 2. The molecule has 0 saturated heterocycles. The lowest BCUT2D eigenvalue weighted by Crippen LogP contribution is -2.14. The van der Waals surface area contributed by atoms with Gasteiger partial charge >= 0.3 is 0 Å². The molecule has 0 spiro atoms. The van der Waals surface area contributed by atoms with Crippen LogP contribution in [0.4, 0.5) is 5.69 Å². The lowest BCUT2D eigenvalue weighted by atomic mass is 10.0. The van der Waals surface area contributed by atoms with E-state index in [9.17, 15) is 10.1 Å². The number of hydrogen-bond donors (Lipinski definition) is 1. The van der Waals surface area contributed by atoms with Gasteiger partial charge in [0, 0.05) is 23.2 Å². The summed E-state index contributed by atoms with van der Waals surface area (Å²) in [4.78, 5) is 12.7. The smallest absolute Gasteiger partial charge is 0.266 e. The molecule has 144 valence electrons. The van der Waals surface area contributed by atoms with Crippen LogP contribution < -0.4 is 14.8 Å². The van der Waals surface area contributed by atoms with Crippen LogP contribution in [0.25, 0.3) is 6.08 Å². The number of rotatable bonds is 5. The molecular formula is C23H24N2O3. The van der Waals surface area contributed by atoms with Crippen molar-refractivity contribution in [2.45, 2.75) is 40.2 Å². The minimum absolute atomic E-state index is 0.00641. The molecule has 0 aromatic heterocycles. The third-order valence-corrected chi connectivity index (χ3v) is 4.62. The van der Waals surface area contributed by atoms with Crippen LogP contribution in [0.2, 0.25) is 0 Å². The van der Waals surface area contributed by atoms with Crippen LogP contribution in [-0.2, 0) is 11.2 Å². The van der Waals surface area contributed by atoms with Gasteiger partial charge in [-0.3, -0.25) is 4.79 Å². The van der Waals surface area contributed by atoms with Crippen molar-refractivity contribution < 1.29 is 14.3 Å². The molecular weight excluding hydrogens is 352 g/mol. The molecule has 5 nitrogen and oxygen atoms in total. The van der Waals surface area contributed by atoms with Gasteiger partial charge in [0.2, 0.25) is 0 Å². The third-order valence-electron chi connectivity index (χ3n) is 4.62. The molecule has 0 aliphatic carbocycles. The van der Waals surface area contributed by atoms with E-state index in [0.717, 1.165) is 28.9 Å². The molecule has 1 amide bonds. The molecule has 2 aromatic carbocycles. The molecule has 1 aliphatic heterocycles. The van der Waals surface area contributed by atoms with Crippen LogP contribution in [-0.4, -0.2) is 18.6 Å². The Bertz CT molecular complexity index is 986. The summed E-state index contributed by atoms with van der Waals surface area (Å²) in [6.45, 7) is 8.31. The largest absolute Gasteiger partial charge is 0.493 e. The highest BCUT2D eigenvalue weighted by atomic mass is 16.5. The van der Waals surface area contributed by atoms with Gasteiger partial charge in [-0.1, -0.05) is 17.7 Å². The number of anilines is 1. The van der Waals surface area contributed by atoms with Gasteiger partial charge < -0.3 is 14.8 Å². The van der Waals surface area contributed by atoms with Gasteiger partial charge in [0.05, 0.1) is 6.61 Å². The second kappa shape index (κ2) is 8.18. The van der Waals surface area contributed by atoms with Gasteiger partial charge in [0.1, 0.15) is 29.2 Å². The van der Waals surface area contributed by atoms with Gasteiger partial charge in [-0.2, -0.15) is 5.26 Å². The maximum atomic E-state index is 12.7. The van der Waals surface area contributed by atoms with E-state index < -0.39 is 5.91 Å². The Balaban J connectivity index is 1.92. The monoisotopic (exact) mass is 376 g/mol.